The second-order valence-corrected chi connectivity index (χ2v) is 12.6. The van der Waals surface area contributed by atoms with Crippen LogP contribution in [0.25, 0.3) is 0 Å². The maximum absolute atomic E-state index is 12.4. The number of aliphatic hydroxyl groups excluding tert-OH is 4. The summed E-state index contributed by atoms with van der Waals surface area (Å²) < 4.78 is 0. The summed E-state index contributed by atoms with van der Waals surface area (Å²) in [5.74, 6) is -0.594. The van der Waals surface area contributed by atoms with E-state index in [0.717, 1.165) is 38.5 Å². The summed E-state index contributed by atoms with van der Waals surface area (Å²) in [6, 6.07) is -0.994. The van der Waals surface area contributed by atoms with Crippen LogP contribution < -0.4 is 5.32 Å². The molecule has 5 N–H and O–H groups in total. The van der Waals surface area contributed by atoms with E-state index in [4.69, 9.17) is 0 Å². The lowest BCUT2D eigenvalue weighted by atomic mass is 10.00. The normalized spacial score (nSPS) is 14.7. The molecule has 4 atom stereocenters. The van der Waals surface area contributed by atoms with Crippen LogP contribution >= 0.6 is 0 Å². The minimum absolute atomic E-state index is 0.367. The predicted octanol–water partition coefficient (Wildman–Crippen LogP) is 8.28. The van der Waals surface area contributed by atoms with E-state index in [-0.39, 0.29) is 0 Å². The number of hydrogen-bond donors (Lipinski definition) is 5. The zero-order chi connectivity index (χ0) is 31.1. The average Bonchev–Trinajstić information content (AvgIpc) is 2.99. The lowest BCUT2D eigenvalue weighted by molar-refractivity contribution is -0.132. The molecule has 0 fully saturated rings. The standard InChI is InChI=1S/C36H71NO5/c1-3-5-7-9-11-13-15-17-18-20-22-24-26-28-30-34(40)36(42)37-32(31-38)35(41)33(39)29-27-25-23-21-19-16-14-12-10-8-6-4-2/h21,23,32-35,38-41H,3-20,22,24-31H2,1-2H3,(H,37,42)/b23-21+/t32-,33-,34-,35-/m0/s1. The molecule has 0 unspecified atom stereocenters. The van der Waals surface area contributed by atoms with Gasteiger partial charge in [0.15, 0.2) is 0 Å². The zero-order valence-electron chi connectivity index (χ0n) is 27.8. The Morgan fingerprint density at radius 2 is 0.976 bits per heavy atom. The van der Waals surface area contributed by atoms with Crippen molar-refractivity contribution in [3.05, 3.63) is 12.2 Å². The molecule has 6 nitrogen and oxygen atoms in total. The molecule has 0 saturated heterocycles. The van der Waals surface area contributed by atoms with E-state index < -0.39 is 36.9 Å². The fourth-order valence-electron chi connectivity index (χ4n) is 5.52. The average molecular weight is 598 g/mol. The third kappa shape index (κ3) is 25.5. The van der Waals surface area contributed by atoms with Gasteiger partial charge in [0.2, 0.25) is 5.91 Å². The van der Waals surface area contributed by atoms with Gasteiger partial charge in [-0.1, -0.05) is 154 Å². The number of allylic oxidation sites excluding steroid dienone is 2. The molecule has 0 spiro atoms. The number of hydrogen-bond acceptors (Lipinski definition) is 5. The van der Waals surface area contributed by atoms with Crippen molar-refractivity contribution < 1.29 is 25.2 Å². The molecule has 0 bridgehead atoms. The molecule has 42 heavy (non-hydrogen) atoms. The highest BCUT2D eigenvalue weighted by atomic mass is 16.3. The Morgan fingerprint density at radius 3 is 1.43 bits per heavy atom. The topological polar surface area (TPSA) is 110 Å². The summed E-state index contributed by atoms with van der Waals surface area (Å²) >= 11 is 0. The number of nitrogens with one attached hydrogen (secondary N) is 1. The van der Waals surface area contributed by atoms with Gasteiger partial charge in [-0.05, 0) is 38.5 Å². The third-order valence-corrected chi connectivity index (χ3v) is 8.48. The van der Waals surface area contributed by atoms with Gasteiger partial charge in [0.25, 0.3) is 0 Å². The summed E-state index contributed by atoms with van der Waals surface area (Å²) in [7, 11) is 0. The fraction of sp³-hybridized carbons (Fsp3) is 0.917. The van der Waals surface area contributed by atoms with Crippen molar-refractivity contribution in [1.29, 1.82) is 0 Å². The van der Waals surface area contributed by atoms with Gasteiger partial charge in [-0.15, -0.1) is 0 Å². The van der Waals surface area contributed by atoms with Crippen LogP contribution in [-0.4, -0.2) is 57.3 Å². The lowest BCUT2D eigenvalue weighted by Crippen LogP contribution is -2.53. The lowest BCUT2D eigenvalue weighted by Gasteiger charge is -2.27. The van der Waals surface area contributed by atoms with Gasteiger partial charge in [-0.2, -0.15) is 0 Å². The summed E-state index contributed by atoms with van der Waals surface area (Å²) in [5.41, 5.74) is 0. The number of unbranched alkanes of at least 4 members (excludes halogenated alkanes) is 21. The number of amides is 1. The van der Waals surface area contributed by atoms with E-state index in [0.29, 0.717) is 12.8 Å². The number of aliphatic hydroxyl groups is 4. The van der Waals surface area contributed by atoms with E-state index in [1.165, 1.54) is 116 Å². The van der Waals surface area contributed by atoms with Crippen molar-refractivity contribution in [3.63, 3.8) is 0 Å². The highest BCUT2D eigenvalue weighted by Crippen LogP contribution is 2.15. The summed E-state index contributed by atoms with van der Waals surface area (Å²) in [4.78, 5) is 12.4. The summed E-state index contributed by atoms with van der Waals surface area (Å²) in [6.07, 6.45) is 30.9. The van der Waals surface area contributed by atoms with Gasteiger partial charge < -0.3 is 25.7 Å². The van der Waals surface area contributed by atoms with Gasteiger partial charge in [0.05, 0.1) is 18.8 Å². The van der Waals surface area contributed by atoms with Crippen molar-refractivity contribution in [2.24, 2.45) is 0 Å². The first-order chi connectivity index (χ1) is 20.5. The first kappa shape index (κ1) is 41.0. The van der Waals surface area contributed by atoms with Crippen LogP contribution in [-0.2, 0) is 4.79 Å². The van der Waals surface area contributed by atoms with Crippen molar-refractivity contribution in [1.82, 2.24) is 5.32 Å². The van der Waals surface area contributed by atoms with Gasteiger partial charge >= 0.3 is 0 Å². The maximum atomic E-state index is 12.4. The fourth-order valence-corrected chi connectivity index (χ4v) is 5.52. The largest absolute Gasteiger partial charge is 0.394 e. The van der Waals surface area contributed by atoms with Gasteiger partial charge in [0.1, 0.15) is 12.2 Å². The molecule has 0 aliphatic rings. The number of carbonyl (C=O) groups excluding carboxylic acids is 1. The van der Waals surface area contributed by atoms with Gasteiger partial charge in [-0.3, -0.25) is 4.79 Å². The van der Waals surface area contributed by atoms with E-state index in [1.54, 1.807) is 0 Å². The van der Waals surface area contributed by atoms with Crippen LogP contribution in [0.15, 0.2) is 12.2 Å². The van der Waals surface area contributed by atoms with Gasteiger partial charge in [0, 0.05) is 0 Å². The molecule has 0 saturated carbocycles. The molecule has 0 radical (unpaired) electrons. The quantitative estimate of drug-likeness (QED) is 0.0396. The minimum atomic E-state index is -1.27. The number of carbonyl (C=O) groups is 1. The van der Waals surface area contributed by atoms with Crippen molar-refractivity contribution >= 4 is 5.91 Å². The van der Waals surface area contributed by atoms with E-state index >= 15 is 0 Å². The second-order valence-electron chi connectivity index (χ2n) is 12.6. The first-order valence-corrected chi connectivity index (χ1v) is 18.1. The van der Waals surface area contributed by atoms with Crippen LogP contribution in [0.3, 0.4) is 0 Å². The van der Waals surface area contributed by atoms with E-state index in [9.17, 15) is 25.2 Å². The summed E-state index contributed by atoms with van der Waals surface area (Å²) in [6.45, 7) is 4.00. The Balaban J connectivity index is 3.86. The molecule has 0 aromatic carbocycles. The minimum Gasteiger partial charge on any atom is -0.394 e. The third-order valence-electron chi connectivity index (χ3n) is 8.48. The highest BCUT2D eigenvalue weighted by Gasteiger charge is 2.28. The maximum Gasteiger partial charge on any atom is 0.249 e. The SMILES string of the molecule is CCCCCCCCC/C=C/CCC[C@H](O)[C@@H](O)[C@H](CO)NC(=O)[C@@H](O)CCCCCCCCCCCCCCCC. The van der Waals surface area contributed by atoms with Crippen LogP contribution in [0.5, 0.6) is 0 Å². The second kappa shape index (κ2) is 31.5. The zero-order valence-corrected chi connectivity index (χ0v) is 27.8. The van der Waals surface area contributed by atoms with Gasteiger partial charge in [-0.25, -0.2) is 0 Å². The molecule has 0 aliphatic carbocycles. The molecule has 0 aliphatic heterocycles. The number of rotatable bonds is 32. The van der Waals surface area contributed by atoms with Crippen LogP contribution in [0, 0.1) is 0 Å². The molecule has 0 aromatic rings. The molecule has 1 amide bonds. The van der Waals surface area contributed by atoms with Crippen LogP contribution in [0.4, 0.5) is 0 Å². The molecular weight excluding hydrogens is 526 g/mol. The highest BCUT2D eigenvalue weighted by molar-refractivity contribution is 5.80. The predicted molar refractivity (Wildman–Crippen MR) is 178 cm³/mol. The van der Waals surface area contributed by atoms with E-state index in [2.05, 4.69) is 31.3 Å². The van der Waals surface area contributed by atoms with E-state index in [1.807, 2.05) is 0 Å². The molecule has 250 valence electrons. The smallest absolute Gasteiger partial charge is 0.249 e. The summed E-state index contributed by atoms with van der Waals surface area (Å²) in [5, 5.41) is 43.3. The van der Waals surface area contributed by atoms with Crippen molar-refractivity contribution in [3.8, 4) is 0 Å². The Bertz CT molecular complexity index is 599. The Morgan fingerprint density at radius 1 is 0.571 bits per heavy atom. The van der Waals surface area contributed by atoms with Crippen molar-refractivity contribution in [2.45, 2.75) is 205 Å². The Kier molecular flexibility index (Phi) is 30.8. The van der Waals surface area contributed by atoms with Crippen LogP contribution in [0.1, 0.15) is 181 Å². The first-order valence-electron chi connectivity index (χ1n) is 18.1. The van der Waals surface area contributed by atoms with Crippen molar-refractivity contribution in [2.75, 3.05) is 6.61 Å². The molecule has 0 aromatic heterocycles. The molecule has 0 rings (SSSR count). The molecule has 6 heteroatoms. The molecule has 0 heterocycles. The molecular formula is C36H71NO5. The van der Waals surface area contributed by atoms with Crippen LogP contribution in [0.2, 0.25) is 0 Å². The Labute approximate surface area is 260 Å². The Hall–Kier alpha value is -0.950. The monoisotopic (exact) mass is 598 g/mol.